The lowest BCUT2D eigenvalue weighted by Gasteiger charge is -2.30. The third-order valence-electron chi connectivity index (χ3n) is 6.77. The molecule has 4 amide bonds. The molecule has 0 radical (unpaired) electrons. The monoisotopic (exact) mass is 704 g/mol. The van der Waals surface area contributed by atoms with Gasteiger partial charge in [-0.05, 0) is 84.1 Å². The second-order valence-electron chi connectivity index (χ2n) is 13.5. The second kappa shape index (κ2) is 19.0. The first-order valence-electron chi connectivity index (χ1n) is 16.7. The van der Waals surface area contributed by atoms with E-state index < -0.39 is 47.4 Å². The molecular formula is C38H48N4O9. The SMILES string of the molecule is CC(C)(C)OC(=O)NN(C(=O)N[C@@H](CCCCNC(=O)OCc1ccccc1)C(=O)OC(C)(C)C)c1ccccc1C(=O)OCc1ccccc1. The molecule has 0 saturated carbocycles. The van der Waals surface area contributed by atoms with E-state index in [2.05, 4.69) is 16.1 Å². The quantitative estimate of drug-likeness (QED) is 0.0752. The predicted octanol–water partition coefficient (Wildman–Crippen LogP) is 6.81. The number of para-hydroxylation sites is 1. The number of unbranched alkanes of at least 4 members (excludes halogenated alkanes) is 1. The highest BCUT2D eigenvalue weighted by Gasteiger charge is 2.32. The van der Waals surface area contributed by atoms with Crippen molar-refractivity contribution in [2.24, 2.45) is 0 Å². The Bertz CT molecular complexity index is 1600. The molecule has 0 aliphatic heterocycles. The molecule has 0 fully saturated rings. The number of carbonyl (C=O) groups is 5. The zero-order valence-electron chi connectivity index (χ0n) is 30.0. The fourth-order valence-electron chi connectivity index (χ4n) is 4.53. The molecule has 274 valence electrons. The number of esters is 2. The Labute approximate surface area is 298 Å². The Kier molecular flexibility index (Phi) is 14.8. The number of anilines is 1. The van der Waals surface area contributed by atoms with Crippen molar-refractivity contribution >= 4 is 35.8 Å². The molecular weight excluding hydrogens is 656 g/mol. The molecule has 0 heterocycles. The van der Waals surface area contributed by atoms with Gasteiger partial charge in [-0.25, -0.2) is 29.4 Å². The Balaban J connectivity index is 1.75. The first-order chi connectivity index (χ1) is 24.1. The van der Waals surface area contributed by atoms with Crippen LogP contribution in [-0.2, 0) is 37.0 Å². The fourth-order valence-corrected chi connectivity index (χ4v) is 4.53. The summed E-state index contributed by atoms with van der Waals surface area (Å²) in [7, 11) is 0. The number of benzene rings is 3. The summed E-state index contributed by atoms with van der Waals surface area (Å²) in [5.74, 6) is -1.46. The molecule has 0 aliphatic carbocycles. The van der Waals surface area contributed by atoms with Crippen LogP contribution in [0.25, 0.3) is 0 Å². The average molecular weight is 705 g/mol. The van der Waals surface area contributed by atoms with Gasteiger partial charge in [-0.2, -0.15) is 5.01 Å². The van der Waals surface area contributed by atoms with E-state index in [1.807, 2.05) is 48.5 Å². The predicted molar refractivity (Wildman–Crippen MR) is 190 cm³/mol. The zero-order valence-corrected chi connectivity index (χ0v) is 30.0. The molecule has 0 bridgehead atoms. The molecule has 1 atom stereocenters. The molecule has 0 aromatic heterocycles. The second-order valence-corrected chi connectivity index (χ2v) is 13.5. The van der Waals surface area contributed by atoms with Gasteiger partial charge in [0.15, 0.2) is 0 Å². The van der Waals surface area contributed by atoms with Crippen LogP contribution in [0.2, 0.25) is 0 Å². The van der Waals surface area contributed by atoms with Crippen molar-refractivity contribution in [2.45, 2.75) is 91.3 Å². The number of nitrogens with zero attached hydrogens (tertiary/aromatic N) is 1. The fraction of sp³-hybridized carbons (Fsp3) is 0.395. The number of hydrogen-bond acceptors (Lipinski definition) is 9. The highest BCUT2D eigenvalue weighted by atomic mass is 16.6. The van der Waals surface area contributed by atoms with Crippen molar-refractivity contribution in [2.75, 3.05) is 11.6 Å². The van der Waals surface area contributed by atoms with Crippen LogP contribution in [0.5, 0.6) is 0 Å². The minimum Gasteiger partial charge on any atom is -0.458 e. The van der Waals surface area contributed by atoms with Crippen molar-refractivity contribution in [1.29, 1.82) is 0 Å². The number of carbonyl (C=O) groups excluding carboxylic acids is 5. The summed E-state index contributed by atoms with van der Waals surface area (Å²) >= 11 is 0. The van der Waals surface area contributed by atoms with Crippen LogP contribution in [-0.4, -0.2) is 53.9 Å². The van der Waals surface area contributed by atoms with E-state index in [9.17, 15) is 24.0 Å². The van der Waals surface area contributed by atoms with E-state index >= 15 is 0 Å². The van der Waals surface area contributed by atoms with Crippen molar-refractivity contribution in [3.8, 4) is 0 Å². The topological polar surface area (TPSA) is 162 Å². The van der Waals surface area contributed by atoms with Crippen LogP contribution in [0.4, 0.5) is 20.1 Å². The first kappa shape index (κ1) is 39.8. The van der Waals surface area contributed by atoms with Crippen molar-refractivity contribution in [3.05, 3.63) is 102 Å². The van der Waals surface area contributed by atoms with Gasteiger partial charge in [0.1, 0.15) is 30.5 Å². The smallest absolute Gasteiger partial charge is 0.427 e. The molecule has 0 aliphatic rings. The summed E-state index contributed by atoms with van der Waals surface area (Å²) < 4.78 is 21.7. The summed E-state index contributed by atoms with van der Waals surface area (Å²) in [5, 5.41) is 6.12. The lowest BCUT2D eigenvalue weighted by Crippen LogP contribution is -2.56. The number of ether oxygens (including phenoxy) is 4. The summed E-state index contributed by atoms with van der Waals surface area (Å²) in [6.07, 6.45) is -0.594. The van der Waals surface area contributed by atoms with Crippen LogP contribution in [0.1, 0.15) is 82.3 Å². The molecule has 13 heteroatoms. The maximum absolute atomic E-state index is 14.0. The van der Waals surface area contributed by atoms with Gasteiger partial charge in [0.05, 0.1) is 11.3 Å². The lowest BCUT2D eigenvalue weighted by molar-refractivity contribution is -0.157. The van der Waals surface area contributed by atoms with Crippen LogP contribution < -0.4 is 21.1 Å². The molecule has 0 saturated heterocycles. The lowest BCUT2D eigenvalue weighted by atomic mass is 10.1. The van der Waals surface area contributed by atoms with Crippen molar-refractivity contribution in [3.63, 3.8) is 0 Å². The van der Waals surface area contributed by atoms with Gasteiger partial charge in [-0.1, -0.05) is 72.8 Å². The normalized spacial score (nSPS) is 11.7. The average Bonchev–Trinajstić information content (AvgIpc) is 3.07. The van der Waals surface area contributed by atoms with E-state index in [-0.39, 0.29) is 37.4 Å². The Morgan fingerprint density at radius 3 is 1.80 bits per heavy atom. The first-order valence-corrected chi connectivity index (χ1v) is 16.7. The number of alkyl carbamates (subject to hydrolysis) is 1. The Hall–Kier alpha value is -5.59. The molecule has 3 aromatic carbocycles. The maximum atomic E-state index is 14.0. The maximum Gasteiger partial charge on any atom is 0.427 e. The van der Waals surface area contributed by atoms with E-state index in [1.54, 1.807) is 65.8 Å². The molecule has 0 spiro atoms. The van der Waals surface area contributed by atoms with E-state index in [4.69, 9.17) is 18.9 Å². The standard InChI is InChI=1S/C38H48N4O9/c1-37(2,3)50-33(44)30(22-15-16-24-39-35(46)49-26-28-19-11-8-12-20-28)40-34(45)42(41-36(47)51-38(4,5)6)31-23-14-13-21-29(31)32(43)48-25-27-17-9-7-10-18-27/h7-14,17-21,23,30H,15-16,22,24-26H2,1-6H3,(H,39,46)(H,40,45)(H,41,47)/t30-/m0/s1. The summed E-state index contributed by atoms with van der Waals surface area (Å²) in [4.78, 5) is 65.7. The van der Waals surface area contributed by atoms with Gasteiger partial charge in [0.25, 0.3) is 0 Å². The molecule has 13 nitrogen and oxygen atoms in total. The Morgan fingerprint density at radius 2 is 1.22 bits per heavy atom. The molecule has 51 heavy (non-hydrogen) atoms. The summed E-state index contributed by atoms with van der Waals surface area (Å²) in [6, 6.07) is 22.3. The van der Waals surface area contributed by atoms with Gasteiger partial charge in [-0.15, -0.1) is 0 Å². The molecule has 3 aromatic rings. The van der Waals surface area contributed by atoms with Crippen LogP contribution in [0, 0.1) is 0 Å². The largest absolute Gasteiger partial charge is 0.458 e. The third-order valence-corrected chi connectivity index (χ3v) is 6.77. The number of urea groups is 1. The van der Waals surface area contributed by atoms with Crippen LogP contribution in [0.15, 0.2) is 84.9 Å². The minimum atomic E-state index is -1.16. The number of amides is 4. The number of rotatable bonds is 13. The summed E-state index contributed by atoms with van der Waals surface area (Å²) in [6.45, 7) is 10.4. The van der Waals surface area contributed by atoms with Gasteiger partial charge in [0, 0.05) is 6.54 Å². The highest BCUT2D eigenvalue weighted by molar-refractivity contribution is 6.03. The van der Waals surface area contributed by atoms with Gasteiger partial charge >= 0.3 is 30.2 Å². The van der Waals surface area contributed by atoms with Crippen molar-refractivity contribution < 1.29 is 42.9 Å². The van der Waals surface area contributed by atoms with E-state index in [0.717, 1.165) is 16.1 Å². The van der Waals surface area contributed by atoms with Crippen LogP contribution in [0.3, 0.4) is 0 Å². The minimum absolute atomic E-state index is 0.0277. The van der Waals surface area contributed by atoms with E-state index in [0.29, 0.717) is 12.8 Å². The molecule has 3 rings (SSSR count). The number of hydrazine groups is 1. The molecule has 3 N–H and O–H groups in total. The van der Waals surface area contributed by atoms with Crippen molar-refractivity contribution in [1.82, 2.24) is 16.1 Å². The Morgan fingerprint density at radius 1 is 0.667 bits per heavy atom. The highest BCUT2D eigenvalue weighted by Crippen LogP contribution is 2.22. The van der Waals surface area contributed by atoms with Gasteiger partial charge in [-0.3, -0.25) is 0 Å². The third kappa shape index (κ3) is 14.8. The van der Waals surface area contributed by atoms with E-state index in [1.165, 1.54) is 12.1 Å². The summed E-state index contributed by atoms with van der Waals surface area (Å²) in [5.41, 5.74) is 2.17. The number of nitrogens with one attached hydrogen (secondary N) is 3. The molecule has 0 unspecified atom stereocenters. The van der Waals surface area contributed by atoms with Crippen LogP contribution >= 0.6 is 0 Å². The number of hydrogen-bond donors (Lipinski definition) is 3. The van der Waals surface area contributed by atoms with Gasteiger partial charge < -0.3 is 29.6 Å². The zero-order chi connectivity index (χ0) is 37.4. The van der Waals surface area contributed by atoms with Gasteiger partial charge in [0.2, 0.25) is 0 Å².